The van der Waals surface area contributed by atoms with Crippen LogP contribution in [-0.4, -0.2) is 11.8 Å². The predicted octanol–water partition coefficient (Wildman–Crippen LogP) is 5.31. The van der Waals surface area contributed by atoms with Gasteiger partial charge in [-0.2, -0.15) is 0 Å². The Balaban J connectivity index is 1.91. The van der Waals surface area contributed by atoms with Crippen LogP contribution in [0.2, 0.25) is 0 Å². The maximum atomic E-state index is 12.8. The van der Waals surface area contributed by atoms with Crippen LogP contribution in [0.25, 0.3) is 21.5 Å². The van der Waals surface area contributed by atoms with E-state index in [1.807, 2.05) is 6.92 Å². The summed E-state index contributed by atoms with van der Waals surface area (Å²) in [6.45, 7) is 1.96. The number of carbonyl (C=O) groups excluding carboxylic acids is 1. The Bertz CT molecular complexity index is 934. The summed E-state index contributed by atoms with van der Waals surface area (Å²) in [5.74, 6) is 0.340. The highest BCUT2D eigenvalue weighted by Gasteiger charge is 2.30. The van der Waals surface area contributed by atoms with Crippen molar-refractivity contribution in [3.05, 3.63) is 59.7 Å². The molecule has 122 valence electrons. The second kappa shape index (κ2) is 6.45. The number of fused-ring (bicyclic) bond motifs is 5. The van der Waals surface area contributed by atoms with Gasteiger partial charge in [-0.3, -0.25) is 8.32 Å². The Morgan fingerprint density at radius 3 is 2.71 bits per heavy atom. The van der Waals surface area contributed by atoms with E-state index in [1.54, 1.807) is 0 Å². The van der Waals surface area contributed by atoms with Crippen LogP contribution in [0, 0.1) is 0 Å². The number of aryl methyl sites for hydroxylation is 1. The average Bonchev–Trinajstić information content (AvgIpc) is 2.65. The van der Waals surface area contributed by atoms with Crippen LogP contribution < -0.4 is 3.53 Å². The van der Waals surface area contributed by atoms with Crippen LogP contribution >= 0.6 is 22.9 Å². The molecule has 0 saturated carbocycles. The quantitative estimate of drug-likeness (QED) is 0.347. The lowest BCUT2D eigenvalue weighted by atomic mass is 9.77. The molecule has 24 heavy (non-hydrogen) atoms. The summed E-state index contributed by atoms with van der Waals surface area (Å²) in [5.41, 5.74) is 2.62. The molecule has 0 spiro atoms. The Labute approximate surface area is 156 Å². The zero-order valence-corrected chi connectivity index (χ0v) is 15.8. The molecule has 1 N–H and O–H groups in total. The van der Waals surface area contributed by atoms with Gasteiger partial charge >= 0.3 is 0 Å². The summed E-state index contributed by atoms with van der Waals surface area (Å²) in [7, 11) is 0. The first kappa shape index (κ1) is 16.0. The second-order valence-electron chi connectivity index (χ2n) is 6.69. The number of rotatable bonds is 3. The molecule has 0 radical (unpaired) electrons. The van der Waals surface area contributed by atoms with Crippen molar-refractivity contribution in [3.63, 3.8) is 0 Å². The molecule has 0 bridgehead atoms. The highest BCUT2D eigenvalue weighted by atomic mass is 127. The van der Waals surface area contributed by atoms with Gasteiger partial charge in [-0.25, -0.2) is 0 Å². The molecular formula is C21H20INO. The first-order valence-electron chi connectivity index (χ1n) is 8.54. The van der Waals surface area contributed by atoms with Crippen molar-refractivity contribution >= 4 is 50.2 Å². The highest BCUT2D eigenvalue weighted by Crippen LogP contribution is 2.39. The van der Waals surface area contributed by atoms with Gasteiger partial charge in [-0.15, -0.1) is 0 Å². The second-order valence-corrected chi connectivity index (χ2v) is 7.32. The summed E-state index contributed by atoms with van der Waals surface area (Å²) in [5, 5.41) is 5.20. The van der Waals surface area contributed by atoms with Gasteiger partial charge in [0.2, 0.25) is 0 Å². The van der Waals surface area contributed by atoms with Crippen LogP contribution in [0.1, 0.15) is 36.8 Å². The van der Waals surface area contributed by atoms with E-state index in [4.69, 9.17) is 0 Å². The molecule has 1 aliphatic carbocycles. The lowest BCUT2D eigenvalue weighted by Crippen LogP contribution is -2.33. The van der Waals surface area contributed by atoms with Crippen molar-refractivity contribution in [2.24, 2.45) is 0 Å². The Morgan fingerprint density at radius 1 is 1.08 bits per heavy atom. The van der Waals surface area contributed by atoms with E-state index in [2.05, 4.69) is 74.9 Å². The van der Waals surface area contributed by atoms with E-state index in [9.17, 15) is 4.79 Å². The summed E-state index contributed by atoms with van der Waals surface area (Å²) in [4.78, 5) is 12.8. The fourth-order valence-electron chi connectivity index (χ4n) is 4.06. The molecule has 3 heteroatoms. The molecule has 0 amide bonds. The number of nitrogens with one attached hydrogen (secondary N) is 1. The lowest BCUT2D eigenvalue weighted by molar-refractivity contribution is -0.121. The molecule has 2 nitrogen and oxygen atoms in total. The largest absolute Gasteiger partial charge is 0.297 e. The molecule has 0 saturated heterocycles. The third-order valence-electron chi connectivity index (χ3n) is 5.30. The number of Topliss-reactive ketones (excluding diaryl/α,β-unsaturated/α-hetero) is 1. The van der Waals surface area contributed by atoms with E-state index in [-0.39, 0.29) is 12.0 Å². The molecule has 4 rings (SSSR count). The first-order valence-corrected chi connectivity index (χ1v) is 9.61. The minimum Gasteiger partial charge on any atom is -0.297 e. The van der Waals surface area contributed by atoms with Gasteiger partial charge < -0.3 is 0 Å². The van der Waals surface area contributed by atoms with Crippen molar-refractivity contribution in [2.75, 3.05) is 0 Å². The summed E-state index contributed by atoms with van der Waals surface area (Å²) < 4.78 is 3.07. The van der Waals surface area contributed by atoms with Gasteiger partial charge in [0.05, 0.1) is 6.04 Å². The number of hydrogen-bond donors (Lipinski definition) is 1. The van der Waals surface area contributed by atoms with E-state index in [0.717, 1.165) is 19.3 Å². The van der Waals surface area contributed by atoms with Crippen molar-refractivity contribution in [1.82, 2.24) is 3.53 Å². The topological polar surface area (TPSA) is 29.1 Å². The van der Waals surface area contributed by atoms with Crippen LogP contribution in [-0.2, 0) is 11.2 Å². The fourth-order valence-corrected chi connectivity index (χ4v) is 4.37. The van der Waals surface area contributed by atoms with Gasteiger partial charge in [0.25, 0.3) is 0 Å². The maximum Gasteiger partial charge on any atom is 0.157 e. The van der Waals surface area contributed by atoms with Gasteiger partial charge in [-0.05, 0) is 58.9 Å². The van der Waals surface area contributed by atoms with Crippen molar-refractivity contribution in [3.8, 4) is 0 Å². The minimum atomic E-state index is -0.103. The van der Waals surface area contributed by atoms with Gasteiger partial charge in [0.15, 0.2) is 5.78 Å². The summed E-state index contributed by atoms with van der Waals surface area (Å²) >= 11 is 2.08. The molecule has 3 aromatic carbocycles. The zero-order chi connectivity index (χ0) is 16.7. The Hall–Kier alpha value is -1.46. The van der Waals surface area contributed by atoms with E-state index in [0.29, 0.717) is 5.78 Å². The third-order valence-corrected chi connectivity index (χ3v) is 6.24. The smallest absolute Gasteiger partial charge is 0.157 e. The number of ketones is 1. The zero-order valence-electron chi connectivity index (χ0n) is 13.7. The highest BCUT2D eigenvalue weighted by molar-refractivity contribution is 14.1. The molecule has 0 fully saturated rings. The van der Waals surface area contributed by atoms with E-state index >= 15 is 0 Å². The average molecular weight is 429 g/mol. The Morgan fingerprint density at radius 2 is 1.88 bits per heavy atom. The van der Waals surface area contributed by atoms with E-state index in [1.165, 1.54) is 32.7 Å². The molecule has 3 aromatic rings. The third kappa shape index (κ3) is 2.54. The van der Waals surface area contributed by atoms with E-state index < -0.39 is 0 Å². The number of carbonyl (C=O) groups is 1. The van der Waals surface area contributed by atoms with Crippen molar-refractivity contribution in [2.45, 2.75) is 38.1 Å². The standard InChI is InChI=1S/C21H20INO/c1-13(23-22)21(24)20-8-4-7-16-18-10-9-14-5-2-3-6-15(14)17(18)11-12-19(16)20/h2-3,5-6,9-13,20,23H,4,7-8H2,1H3. The molecule has 1 aliphatic rings. The maximum absolute atomic E-state index is 12.8. The monoisotopic (exact) mass is 429 g/mol. The van der Waals surface area contributed by atoms with Gasteiger partial charge in [0.1, 0.15) is 0 Å². The summed E-state index contributed by atoms with van der Waals surface area (Å²) in [6, 6.07) is 17.3. The van der Waals surface area contributed by atoms with Gasteiger partial charge in [-0.1, -0.05) is 48.5 Å². The van der Waals surface area contributed by atoms with Crippen LogP contribution in [0.3, 0.4) is 0 Å². The van der Waals surface area contributed by atoms with Crippen LogP contribution in [0.5, 0.6) is 0 Å². The minimum absolute atomic E-state index is 0.0295. The van der Waals surface area contributed by atoms with Crippen LogP contribution in [0.4, 0.5) is 0 Å². The fraction of sp³-hybridized carbons (Fsp3) is 0.286. The predicted molar refractivity (Wildman–Crippen MR) is 109 cm³/mol. The number of benzene rings is 3. The molecule has 2 unspecified atom stereocenters. The normalized spacial score (nSPS) is 18.5. The molecule has 0 aromatic heterocycles. The number of hydrogen-bond acceptors (Lipinski definition) is 2. The van der Waals surface area contributed by atoms with Crippen molar-refractivity contribution in [1.29, 1.82) is 0 Å². The van der Waals surface area contributed by atoms with Crippen LogP contribution in [0.15, 0.2) is 48.5 Å². The summed E-state index contributed by atoms with van der Waals surface area (Å²) in [6.07, 6.45) is 3.12. The molecule has 0 heterocycles. The lowest BCUT2D eigenvalue weighted by Gasteiger charge is -2.27. The molecule has 0 aliphatic heterocycles. The Kier molecular flexibility index (Phi) is 4.31. The molecular weight excluding hydrogens is 409 g/mol. The SMILES string of the molecule is CC(NI)C(=O)C1CCCc2c1ccc1c2ccc2ccccc21. The van der Waals surface area contributed by atoms with Crippen molar-refractivity contribution < 1.29 is 4.79 Å². The van der Waals surface area contributed by atoms with Gasteiger partial charge in [0, 0.05) is 28.8 Å². The first-order chi connectivity index (χ1) is 11.7. The molecule has 2 atom stereocenters. The number of halogens is 1.